The first-order valence-electron chi connectivity index (χ1n) is 6.74. The van der Waals surface area contributed by atoms with E-state index < -0.39 is 0 Å². The van der Waals surface area contributed by atoms with Crippen LogP contribution in [0.4, 0.5) is 0 Å². The summed E-state index contributed by atoms with van der Waals surface area (Å²) in [5, 5.41) is 2.74. The van der Waals surface area contributed by atoms with Crippen molar-refractivity contribution < 1.29 is 9.59 Å². The zero-order valence-corrected chi connectivity index (χ0v) is 12.4. The van der Waals surface area contributed by atoms with Gasteiger partial charge in [0.25, 0.3) is 0 Å². The number of thioether (sulfide) groups is 1. The van der Waals surface area contributed by atoms with Gasteiger partial charge >= 0.3 is 0 Å². The number of rotatable bonds is 10. The molecule has 0 aromatic carbocycles. The van der Waals surface area contributed by atoms with Crippen molar-refractivity contribution in [1.82, 2.24) is 5.32 Å². The van der Waals surface area contributed by atoms with Crippen molar-refractivity contribution in [3.8, 4) is 0 Å². The Bertz CT molecular complexity index is 265. The molecule has 104 valence electrons. The lowest BCUT2D eigenvalue weighted by Crippen LogP contribution is -2.22. The molecule has 0 fully saturated rings. The highest BCUT2D eigenvalue weighted by Gasteiger charge is 1.97. The van der Waals surface area contributed by atoms with E-state index in [0.717, 1.165) is 6.42 Å². The van der Waals surface area contributed by atoms with Crippen LogP contribution in [0, 0.1) is 0 Å². The van der Waals surface area contributed by atoms with Crippen molar-refractivity contribution in [2.45, 2.75) is 52.4 Å². The van der Waals surface area contributed by atoms with Crippen LogP contribution in [0.3, 0.4) is 0 Å². The fourth-order valence-electron chi connectivity index (χ4n) is 1.47. The number of carbonyl (C=O) groups excluding carboxylic acids is 2. The molecule has 0 aliphatic carbocycles. The summed E-state index contributed by atoms with van der Waals surface area (Å²) >= 11 is 1.25. The SMILES string of the molecule is CCCCCCC/C=C/C(=O)SCCNC(C)=O. The molecule has 3 nitrogen and oxygen atoms in total. The van der Waals surface area contributed by atoms with E-state index in [4.69, 9.17) is 0 Å². The molecule has 18 heavy (non-hydrogen) atoms. The van der Waals surface area contributed by atoms with Gasteiger partial charge < -0.3 is 5.32 Å². The maximum absolute atomic E-state index is 11.4. The molecule has 0 heterocycles. The van der Waals surface area contributed by atoms with Crippen LogP contribution in [0.2, 0.25) is 0 Å². The first-order valence-corrected chi connectivity index (χ1v) is 7.73. The van der Waals surface area contributed by atoms with E-state index in [-0.39, 0.29) is 11.0 Å². The first kappa shape index (κ1) is 17.2. The molecule has 0 aliphatic heterocycles. The summed E-state index contributed by atoms with van der Waals surface area (Å²) in [5.41, 5.74) is 0. The van der Waals surface area contributed by atoms with E-state index in [1.54, 1.807) is 6.08 Å². The first-order chi connectivity index (χ1) is 8.66. The van der Waals surface area contributed by atoms with Gasteiger partial charge in [-0.25, -0.2) is 0 Å². The largest absolute Gasteiger partial charge is 0.356 e. The molecule has 4 heteroatoms. The molecule has 0 bridgehead atoms. The van der Waals surface area contributed by atoms with Crippen LogP contribution >= 0.6 is 11.8 Å². The lowest BCUT2D eigenvalue weighted by Gasteiger charge is -1.99. The third kappa shape index (κ3) is 13.3. The van der Waals surface area contributed by atoms with Crippen LogP contribution < -0.4 is 5.32 Å². The summed E-state index contributed by atoms with van der Waals surface area (Å²) in [4.78, 5) is 22.0. The molecule has 0 rings (SSSR count). The predicted molar refractivity (Wildman–Crippen MR) is 78.7 cm³/mol. The molecule has 0 saturated carbocycles. The summed E-state index contributed by atoms with van der Waals surface area (Å²) in [6, 6.07) is 0. The Morgan fingerprint density at radius 2 is 1.89 bits per heavy atom. The lowest BCUT2D eigenvalue weighted by molar-refractivity contribution is -0.118. The smallest absolute Gasteiger partial charge is 0.216 e. The van der Waals surface area contributed by atoms with Gasteiger partial charge in [0, 0.05) is 19.2 Å². The normalized spacial score (nSPS) is 10.8. The molecule has 0 aromatic rings. The number of hydrogen-bond acceptors (Lipinski definition) is 3. The number of hydrogen-bond donors (Lipinski definition) is 1. The van der Waals surface area contributed by atoms with E-state index >= 15 is 0 Å². The van der Waals surface area contributed by atoms with Crippen molar-refractivity contribution in [3.63, 3.8) is 0 Å². The third-order valence-corrected chi connectivity index (χ3v) is 3.28. The van der Waals surface area contributed by atoms with Crippen molar-refractivity contribution >= 4 is 22.8 Å². The van der Waals surface area contributed by atoms with Crippen LogP contribution in [0.25, 0.3) is 0 Å². The molecule has 0 aliphatic rings. The summed E-state index contributed by atoms with van der Waals surface area (Å²) < 4.78 is 0. The van der Waals surface area contributed by atoms with Crippen molar-refractivity contribution in [2.75, 3.05) is 12.3 Å². The maximum atomic E-state index is 11.4. The van der Waals surface area contributed by atoms with Crippen LogP contribution in [-0.2, 0) is 9.59 Å². The third-order valence-electron chi connectivity index (χ3n) is 2.45. The number of allylic oxidation sites excluding steroid dienone is 1. The molecule has 1 amide bonds. The molecule has 0 spiro atoms. The highest BCUT2D eigenvalue weighted by atomic mass is 32.2. The Kier molecular flexibility index (Phi) is 12.1. The Hall–Kier alpha value is -0.770. The molecule has 0 saturated heterocycles. The highest BCUT2D eigenvalue weighted by molar-refractivity contribution is 8.14. The van der Waals surface area contributed by atoms with Gasteiger partial charge in [-0.1, -0.05) is 50.4 Å². The Morgan fingerprint density at radius 3 is 2.56 bits per heavy atom. The molecule has 0 radical (unpaired) electrons. The second-order valence-electron chi connectivity index (χ2n) is 4.26. The van der Waals surface area contributed by atoms with E-state index in [9.17, 15) is 9.59 Å². The number of amides is 1. The minimum absolute atomic E-state index is 0.0503. The summed E-state index contributed by atoms with van der Waals surface area (Å²) in [6.45, 7) is 4.23. The van der Waals surface area contributed by atoms with E-state index in [1.165, 1.54) is 50.8 Å². The second-order valence-corrected chi connectivity index (χ2v) is 5.36. The Balaban J connectivity index is 3.36. The van der Waals surface area contributed by atoms with Crippen LogP contribution in [0.5, 0.6) is 0 Å². The van der Waals surface area contributed by atoms with Crippen LogP contribution in [0.1, 0.15) is 52.4 Å². The van der Waals surface area contributed by atoms with Crippen molar-refractivity contribution in [2.24, 2.45) is 0 Å². The van der Waals surface area contributed by atoms with Gasteiger partial charge in [-0.05, 0) is 18.9 Å². The molecular formula is C14H25NO2S. The van der Waals surface area contributed by atoms with E-state index in [0.29, 0.717) is 12.3 Å². The Labute approximate surface area is 115 Å². The lowest BCUT2D eigenvalue weighted by atomic mass is 10.1. The second kappa shape index (κ2) is 12.7. The monoisotopic (exact) mass is 271 g/mol. The predicted octanol–water partition coefficient (Wildman–Crippen LogP) is 3.30. The molecular weight excluding hydrogens is 246 g/mol. The van der Waals surface area contributed by atoms with Gasteiger partial charge in [-0.15, -0.1) is 0 Å². The topological polar surface area (TPSA) is 46.2 Å². The number of unbranched alkanes of at least 4 members (excludes halogenated alkanes) is 5. The van der Waals surface area contributed by atoms with Gasteiger partial charge in [0.1, 0.15) is 0 Å². The van der Waals surface area contributed by atoms with Crippen LogP contribution in [0.15, 0.2) is 12.2 Å². The Morgan fingerprint density at radius 1 is 1.17 bits per heavy atom. The standard InChI is InChI=1S/C14H25NO2S/c1-3-4-5-6-7-8-9-10-14(17)18-12-11-15-13(2)16/h9-10H,3-8,11-12H2,1-2H3,(H,15,16)/b10-9+. The van der Waals surface area contributed by atoms with E-state index in [2.05, 4.69) is 12.2 Å². The van der Waals surface area contributed by atoms with Gasteiger partial charge in [-0.3, -0.25) is 9.59 Å². The highest BCUT2D eigenvalue weighted by Crippen LogP contribution is 2.07. The molecule has 1 N–H and O–H groups in total. The fraction of sp³-hybridized carbons (Fsp3) is 0.714. The van der Waals surface area contributed by atoms with Crippen molar-refractivity contribution in [3.05, 3.63) is 12.2 Å². The van der Waals surface area contributed by atoms with Crippen LogP contribution in [-0.4, -0.2) is 23.3 Å². The zero-order valence-electron chi connectivity index (χ0n) is 11.5. The minimum Gasteiger partial charge on any atom is -0.356 e. The fourth-order valence-corrected chi connectivity index (χ4v) is 2.07. The average molecular weight is 271 g/mol. The quantitative estimate of drug-likeness (QED) is 0.490. The van der Waals surface area contributed by atoms with Gasteiger partial charge in [0.2, 0.25) is 11.0 Å². The molecule has 0 unspecified atom stereocenters. The van der Waals surface area contributed by atoms with E-state index in [1.807, 2.05) is 6.08 Å². The minimum atomic E-state index is -0.0503. The molecule has 0 atom stereocenters. The van der Waals surface area contributed by atoms with Gasteiger partial charge in [-0.2, -0.15) is 0 Å². The maximum Gasteiger partial charge on any atom is 0.216 e. The van der Waals surface area contributed by atoms with Gasteiger partial charge in [0.15, 0.2) is 0 Å². The summed E-state index contributed by atoms with van der Waals surface area (Å²) in [6.07, 6.45) is 10.9. The summed E-state index contributed by atoms with van der Waals surface area (Å²) in [7, 11) is 0. The molecule has 0 aromatic heterocycles. The van der Waals surface area contributed by atoms with Crippen molar-refractivity contribution in [1.29, 1.82) is 0 Å². The average Bonchev–Trinajstić information content (AvgIpc) is 2.33. The zero-order chi connectivity index (χ0) is 13.6. The number of carbonyl (C=O) groups is 2. The number of nitrogens with one attached hydrogen (secondary N) is 1. The summed E-state index contributed by atoms with van der Waals surface area (Å²) in [5.74, 6) is 0.588. The van der Waals surface area contributed by atoms with Gasteiger partial charge in [0.05, 0.1) is 0 Å².